The zero-order valence-corrected chi connectivity index (χ0v) is 29.2. The maximum Gasteiger partial charge on any atom is 0.335 e. The topological polar surface area (TPSA) is 80.7 Å². The summed E-state index contributed by atoms with van der Waals surface area (Å²) in [6, 6.07) is 24.2. The number of rotatable bonds is 22. The predicted molar refractivity (Wildman–Crippen MR) is 194 cm³/mol. The van der Waals surface area contributed by atoms with Crippen LogP contribution < -0.4 is 4.74 Å². The van der Waals surface area contributed by atoms with E-state index < -0.39 is 5.97 Å². The van der Waals surface area contributed by atoms with Crippen LogP contribution in [0.1, 0.15) is 151 Å². The molecule has 256 valence electrons. The highest BCUT2D eigenvalue weighted by Crippen LogP contribution is 2.22. The number of ether oxygens (including phenoxy) is 1. The van der Waals surface area contributed by atoms with E-state index in [1.165, 1.54) is 107 Å². The van der Waals surface area contributed by atoms with Gasteiger partial charge in [-0.15, -0.1) is 0 Å². The van der Waals surface area contributed by atoms with E-state index in [4.69, 9.17) is 9.84 Å². The third-order valence-electron chi connectivity index (χ3n) is 8.53. The van der Waals surface area contributed by atoms with Gasteiger partial charge in [-0.3, -0.25) is 9.59 Å². The maximum absolute atomic E-state index is 12.5. The molecule has 0 saturated heterocycles. The van der Waals surface area contributed by atoms with Gasteiger partial charge in [0.15, 0.2) is 5.78 Å². The number of Topliss-reactive ketones (excluding diaryl/α,β-unsaturated/α-hetero) is 1. The molecule has 0 aromatic heterocycles. The molecule has 1 N–H and O–H groups in total. The fraction of sp³-hybridized carbons (Fsp3) is 0.500. The van der Waals surface area contributed by atoms with Gasteiger partial charge >= 0.3 is 11.9 Å². The number of carboxylic acid groups (broad SMARTS) is 1. The molecular weight excluding hydrogens is 584 g/mol. The first-order valence-corrected chi connectivity index (χ1v) is 18.1. The van der Waals surface area contributed by atoms with Crippen molar-refractivity contribution in [3.8, 4) is 16.9 Å². The highest BCUT2D eigenvalue weighted by Gasteiger charge is 2.15. The van der Waals surface area contributed by atoms with Gasteiger partial charge in [-0.2, -0.15) is 0 Å². The smallest absolute Gasteiger partial charge is 0.335 e. The van der Waals surface area contributed by atoms with Crippen LogP contribution in [0.15, 0.2) is 78.9 Å². The normalized spacial score (nSPS) is 11.3. The molecule has 0 aliphatic rings. The lowest BCUT2D eigenvalue weighted by Gasteiger charge is -2.11. The summed E-state index contributed by atoms with van der Waals surface area (Å²) >= 11 is 0. The molecule has 47 heavy (non-hydrogen) atoms. The van der Waals surface area contributed by atoms with Crippen LogP contribution in [-0.2, 0) is 4.79 Å². The van der Waals surface area contributed by atoms with E-state index in [1.54, 1.807) is 0 Å². The molecule has 0 aliphatic carbocycles. The highest BCUT2D eigenvalue weighted by molar-refractivity contribution is 5.98. The average molecular weight is 643 g/mol. The lowest BCUT2D eigenvalue weighted by atomic mass is 9.93. The Hall–Kier alpha value is -3.73. The summed E-state index contributed by atoms with van der Waals surface area (Å²) < 4.78 is 5.21. The van der Waals surface area contributed by atoms with Gasteiger partial charge in [-0.25, -0.2) is 4.79 Å². The van der Waals surface area contributed by atoms with Gasteiger partial charge in [0.05, 0.1) is 5.56 Å². The van der Waals surface area contributed by atoms with Crippen LogP contribution in [0.3, 0.4) is 0 Å². The first kappa shape index (κ1) is 39.4. The minimum atomic E-state index is -0.987. The van der Waals surface area contributed by atoms with Crippen molar-refractivity contribution >= 4 is 17.7 Å². The van der Waals surface area contributed by atoms with Crippen LogP contribution in [0.25, 0.3) is 11.1 Å². The third-order valence-corrected chi connectivity index (χ3v) is 8.53. The minimum absolute atomic E-state index is 0.124. The summed E-state index contributed by atoms with van der Waals surface area (Å²) in [5.41, 5.74) is 3.37. The second-order valence-electron chi connectivity index (χ2n) is 12.6. The van der Waals surface area contributed by atoms with Crippen LogP contribution in [0.4, 0.5) is 0 Å². The van der Waals surface area contributed by atoms with E-state index in [0.29, 0.717) is 12.2 Å². The first-order chi connectivity index (χ1) is 22.8. The number of unbranched alkanes of at least 4 members (excludes halogenated alkanes) is 13. The number of ketones is 1. The summed E-state index contributed by atoms with van der Waals surface area (Å²) in [6.07, 6.45) is 20.0. The number of carboxylic acids is 1. The molecule has 5 nitrogen and oxygen atoms in total. The fourth-order valence-electron chi connectivity index (χ4n) is 5.53. The molecular formula is C42H58O5. The lowest BCUT2D eigenvalue weighted by Crippen LogP contribution is -2.11. The largest absolute Gasteiger partial charge is 0.478 e. The molecule has 5 heteroatoms. The Labute approximate surface area is 284 Å². The van der Waals surface area contributed by atoms with Gasteiger partial charge in [-0.1, -0.05) is 165 Å². The fourth-order valence-corrected chi connectivity index (χ4v) is 5.53. The maximum atomic E-state index is 12.5. The molecule has 0 saturated carbocycles. The zero-order valence-electron chi connectivity index (χ0n) is 29.2. The molecule has 0 aliphatic heterocycles. The Morgan fingerprint density at radius 1 is 0.574 bits per heavy atom. The highest BCUT2D eigenvalue weighted by atomic mass is 16.5. The summed E-state index contributed by atoms with van der Waals surface area (Å²) in [5.74, 6) is -0.438. The van der Waals surface area contributed by atoms with Crippen LogP contribution in [-0.4, -0.2) is 22.8 Å². The standard InChI is InChI=1S/C21H32O4.C21H26O/c1-2-3-4-5-6-7-8-9-10-11-12-13-20(22)25-19-16-14-18(15-17-19)21(23)24;1-3-4-5-7-10-17(2)21(22)20-15-13-19(14-16-20)18-11-8-6-9-12-18/h14-17H,2-13H2,1H3,(H,23,24);6,8-9,11-17H,3-5,7,10H2,1-2H3. The van der Waals surface area contributed by atoms with E-state index in [1.807, 2.05) is 42.5 Å². The van der Waals surface area contributed by atoms with Crippen LogP contribution >= 0.6 is 0 Å². The second kappa shape index (κ2) is 24.4. The molecule has 0 fully saturated rings. The van der Waals surface area contributed by atoms with Gasteiger partial charge in [0, 0.05) is 17.9 Å². The van der Waals surface area contributed by atoms with Gasteiger partial charge in [-0.05, 0) is 48.2 Å². The Kier molecular flexibility index (Phi) is 20.5. The van der Waals surface area contributed by atoms with E-state index in [2.05, 4.69) is 32.9 Å². The Bertz CT molecular complexity index is 1260. The molecule has 3 rings (SSSR count). The Morgan fingerprint density at radius 3 is 1.57 bits per heavy atom. The van der Waals surface area contributed by atoms with E-state index in [9.17, 15) is 14.4 Å². The summed E-state index contributed by atoms with van der Waals surface area (Å²) in [7, 11) is 0. The van der Waals surface area contributed by atoms with Gasteiger partial charge in [0.2, 0.25) is 0 Å². The number of hydrogen-bond acceptors (Lipinski definition) is 4. The van der Waals surface area contributed by atoms with Gasteiger partial charge in [0.25, 0.3) is 0 Å². The van der Waals surface area contributed by atoms with Crippen LogP contribution in [0.5, 0.6) is 5.75 Å². The molecule has 1 atom stereocenters. The van der Waals surface area contributed by atoms with Crippen molar-refractivity contribution in [1.82, 2.24) is 0 Å². The number of aromatic carboxylic acids is 1. The molecule has 0 radical (unpaired) electrons. The van der Waals surface area contributed by atoms with Crippen molar-refractivity contribution < 1.29 is 24.2 Å². The van der Waals surface area contributed by atoms with E-state index in [0.717, 1.165) is 36.8 Å². The summed E-state index contributed by atoms with van der Waals surface area (Å²) in [6.45, 7) is 6.51. The van der Waals surface area contributed by atoms with Crippen LogP contribution in [0, 0.1) is 5.92 Å². The monoisotopic (exact) mass is 642 g/mol. The average Bonchev–Trinajstić information content (AvgIpc) is 3.09. The van der Waals surface area contributed by atoms with Crippen molar-refractivity contribution in [2.75, 3.05) is 0 Å². The number of esters is 1. The molecule has 0 amide bonds. The molecule has 3 aromatic rings. The van der Waals surface area contributed by atoms with Crippen molar-refractivity contribution in [3.63, 3.8) is 0 Å². The van der Waals surface area contributed by atoms with Gasteiger partial charge < -0.3 is 9.84 Å². The van der Waals surface area contributed by atoms with E-state index >= 15 is 0 Å². The first-order valence-electron chi connectivity index (χ1n) is 18.1. The number of carbonyl (C=O) groups is 3. The second-order valence-corrected chi connectivity index (χ2v) is 12.6. The predicted octanol–water partition coefficient (Wildman–Crippen LogP) is 12.1. The Morgan fingerprint density at radius 2 is 1.04 bits per heavy atom. The molecule has 0 spiro atoms. The zero-order chi connectivity index (χ0) is 34.1. The van der Waals surface area contributed by atoms with Crippen molar-refractivity contribution in [2.45, 2.75) is 130 Å². The summed E-state index contributed by atoms with van der Waals surface area (Å²) in [4.78, 5) is 35.0. The molecule has 3 aromatic carbocycles. The number of benzene rings is 3. The Balaban J connectivity index is 0.000000329. The summed E-state index contributed by atoms with van der Waals surface area (Å²) in [5, 5.41) is 8.82. The molecule has 0 bridgehead atoms. The lowest BCUT2D eigenvalue weighted by molar-refractivity contribution is -0.134. The van der Waals surface area contributed by atoms with E-state index in [-0.39, 0.29) is 23.2 Å². The van der Waals surface area contributed by atoms with Crippen molar-refractivity contribution in [2.24, 2.45) is 5.92 Å². The minimum Gasteiger partial charge on any atom is -0.478 e. The quantitative estimate of drug-likeness (QED) is 0.0510. The van der Waals surface area contributed by atoms with Crippen molar-refractivity contribution in [3.05, 3.63) is 90.0 Å². The molecule has 0 heterocycles. The van der Waals surface area contributed by atoms with Crippen molar-refractivity contribution in [1.29, 1.82) is 0 Å². The van der Waals surface area contributed by atoms with Gasteiger partial charge in [0.1, 0.15) is 5.75 Å². The SMILES string of the molecule is CCCCCCC(C)C(=O)c1ccc(-c2ccccc2)cc1.CCCCCCCCCCCCCC(=O)Oc1ccc(C(=O)O)cc1. The van der Waals surface area contributed by atoms with Crippen LogP contribution in [0.2, 0.25) is 0 Å². The number of carbonyl (C=O) groups excluding carboxylic acids is 2. The molecule has 1 unspecified atom stereocenters. The number of hydrogen-bond donors (Lipinski definition) is 1. The third kappa shape index (κ3) is 17.1.